The van der Waals surface area contributed by atoms with Crippen LogP contribution in [0.4, 0.5) is 80.7 Å². The average molecular weight is 1780 g/mol. The maximum atomic E-state index is 4.51. The molecule has 0 spiro atoms. The van der Waals surface area contributed by atoms with Crippen molar-refractivity contribution in [2.45, 2.75) is 26.8 Å². The van der Waals surface area contributed by atoms with Crippen LogP contribution in [0.3, 0.4) is 0 Å². The van der Waals surface area contributed by atoms with E-state index in [1.54, 1.807) is 49.6 Å². The summed E-state index contributed by atoms with van der Waals surface area (Å²) in [5.41, 5.74) is 7.17. The Balaban J connectivity index is 0.000000154. The van der Waals surface area contributed by atoms with Gasteiger partial charge in [-0.2, -0.15) is 121 Å². The van der Waals surface area contributed by atoms with Crippen LogP contribution in [0.2, 0.25) is 0 Å². The Morgan fingerprint density at radius 2 is 0.679 bits per heavy atom. The molecule has 4 aromatic heterocycles. The second-order valence-corrected chi connectivity index (χ2v) is 17.7. The predicted octanol–water partition coefficient (Wildman–Crippen LogP) is 12.4. The number of para-hydroxylation sites is 6. The molecule has 10 aromatic rings. The van der Waals surface area contributed by atoms with Crippen LogP contribution < -0.4 is 39.2 Å². The van der Waals surface area contributed by atoms with E-state index in [0.29, 0.717) is 6.04 Å². The summed E-state index contributed by atoms with van der Waals surface area (Å²) in [7, 11) is 1.95. The van der Waals surface area contributed by atoms with Gasteiger partial charge in [-0.05, 0) is 57.6 Å². The summed E-state index contributed by atoms with van der Waals surface area (Å²) in [5.74, 6) is 6.72. The standard InChI is InChI=1S/C18H14N4.C17H12N4.C14H14N4.C12H10N4.4Ir/c1-14-7-5-6-10-16(14)22-13-21(15-8-3-2-4-9-15)17-18(22)20-12-11-19-17;1-3-7-14(8-4-1)20-13-21(15-9-5-2-6-10-15)17-16(20)18-11-12-19-17;1-11(2)17-10-18(12-6-4-3-5-7-12)14-13(17)15-8-9-16-14;1-15-9-16(10-5-3-2-4-6-10)12-11(15)13-7-8-14-12;;;;/h2-8,10-13H,1H3;1-9,11-13H;3-6,8-11H,1-2H3;2-5,7-9H,1H3;;;;/q4*-2;;;;. The molecule has 20 heteroatoms. The van der Waals surface area contributed by atoms with E-state index in [1.807, 2.05) is 203 Å². The SMILES string of the molecule is CC(C)N1[CH-]N(c2[c-]cccc2)c2nccnc21.CN1[CH-]N(c2[c-]cccc2)c2nccnc21.Cc1ccccc1N1[CH-]N(c2[c-]cccc2)c2nccnc21.[Ir].[Ir].[Ir].[Ir].[c-]1ccccc1N1[CH-]N(c2ccccc2)c2nccnc21. The molecule has 4 aliphatic heterocycles. The maximum absolute atomic E-state index is 4.51. The molecule has 16 nitrogen and oxygen atoms in total. The molecule has 0 aliphatic carbocycles. The molecule has 0 N–H and O–H groups in total. The topological polar surface area (TPSA) is 129 Å². The Labute approximate surface area is 527 Å². The van der Waals surface area contributed by atoms with Crippen molar-refractivity contribution in [1.29, 1.82) is 0 Å². The van der Waals surface area contributed by atoms with Gasteiger partial charge in [0.2, 0.25) is 0 Å². The average Bonchev–Trinajstić information content (AvgIpc) is 4.33. The van der Waals surface area contributed by atoms with Crippen molar-refractivity contribution in [3.05, 3.63) is 258 Å². The minimum atomic E-state index is 0. The van der Waals surface area contributed by atoms with Crippen molar-refractivity contribution in [1.82, 2.24) is 39.9 Å². The Hall–Kier alpha value is -7.36. The summed E-state index contributed by atoms with van der Waals surface area (Å²) in [6.45, 7) is 14.3. The van der Waals surface area contributed by atoms with Crippen molar-refractivity contribution in [2.75, 3.05) is 46.2 Å². The van der Waals surface area contributed by atoms with Gasteiger partial charge in [-0.25, -0.2) is 39.9 Å². The summed E-state index contributed by atoms with van der Waals surface area (Å²) < 4.78 is 0. The van der Waals surface area contributed by atoms with Crippen LogP contribution in [0, 0.1) is 57.9 Å². The van der Waals surface area contributed by atoms with Crippen molar-refractivity contribution in [2.24, 2.45) is 0 Å². The fourth-order valence-corrected chi connectivity index (χ4v) is 8.72. The molecule has 4 radical (unpaired) electrons. The van der Waals surface area contributed by atoms with Gasteiger partial charge in [0.05, 0.1) is 0 Å². The van der Waals surface area contributed by atoms with Crippen molar-refractivity contribution in [3.63, 3.8) is 0 Å². The summed E-state index contributed by atoms with van der Waals surface area (Å²) >= 11 is 0. The molecule has 0 atom stereocenters. The van der Waals surface area contributed by atoms with E-state index in [9.17, 15) is 0 Å². The molecule has 81 heavy (non-hydrogen) atoms. The fourth-order valence-electron chi connectivity index (χ4n) is 8.72. The normalized spacial score (nSPS) is 13.0. The van der Waals surface area contributed by atoms with E-state index >= 15 is 0 Å². The molecule has 418 valence electrons. The Morgan fingerprint density at radius 1 is 0.346 bits per heavy atom. The number of anilines is 14. The van der Waals surface area contributed by atoms with Gasteiger partial charge in [-0.3, -0.25) is 0 Å². The third-order valence-corrected chi connectivity index (χ3v) is 12.4. The van der Waals surface area contributed by atoms with Crippen LogP contribution in [0.25, 0.3) is 0 Å². The molecular formula is C61H50Ir4N16-8. The molecule has 4 aliphatic rings. The number of benzene rings is 6. The summed E-state index contributed by atoms with van der Waals surface area (Å²) in [5, 5.41) is 0. The van der Waals surface area contributed by atoms with Crippen molar-refractivity contribution in [3.8, 4) is 0 Å². The fraction of sp³-hybridized carbons (Fsp3) is 0.0820. The Morgan fingerprint density at radius 3 is 1.11 bits per heavy atom. The van der Waals surface area contributed by atoms with Gasteiger partial charge in [0, 0.05) is 141 Å². The molecule has 8 heterocycles. The number of rotatable bonds is 7. The zero-order valence-electron chi connectivity index (χ0n) is 43.9. The molecule has 0 amide bonds. The van der Waals surface area contributed by atoms with E-state index in [2.05, 4.69) is 107 Å². The molecule has 0 fully saturated rings. The smallest absolute Gasteiger partial charge is 0.145 e. The number of nitrogens with zero attached hydrogens (tertiary/aromatic N) is 16. The minimum absolute atomic E-state index is 0. The first kappa shape index (κ1) is 61.3. The van der Waals surface area contributed by atoms with Crippen LogP contribution in [0.1, 0.15) is 19.4 Å². The second kappa shape index (κ2) is 28.9. The van der Waals surface area contributed by atoms with Crippen molar-refractivity contribution >= 4 is 80.7 Å². The Kier molecular flexibility index (Phi) is 21.8. The third-order valence-electron chi connectivity index (χ3n) is 12.4. The van der Waals surface area contributed by atoms with Crippen LogP contribution in [-0.2, 0) is 80.4 Å². The largest absolute Gasteiger partial charge is 0.487 e. The van der Waals surface area contributed by atoms with Gasteiger partial charge in [0.25, 0.3) is 0 Å². The molecule has 0 saturated carbocycles. The first-order valence-corrected chi connectivity index (χ1v) is 24.8. The van der Waals surface area contributed by atoms with Gasteiger partial charge in [-0.1, -0.05) is 36.4 Å². The molecule has 0 saturated heterocycles. The summed E-state index contributed by atoms with van der Waals surface area (Å²) in [4.78, 5) is 51.6. The van der Waals surface area contributed by atoms with Crippen LogP contribution >= 0.6 is 0 Å². The van der Waals surface area contributed by atoms with Crippen LogP contribution in [0.5, 0.6) is 0 Å². The first-order chi connectivity index (χ1) is 37.9. The van der Waals surface area contributed by atoms with Gasteiger partial charge in [0.1, 0.15) is 46.5 Å². The van der Waals surface area contributed by atoms with Crippen molar-refractivity contribution < 1.29 is 80.4 Å². The second-order valence-electron chi connectivity index (χ2n) is 17.7. The quantitative estimate of drug-likeness (QED) is 0.140. The molecule has 6 aromatic carbocycles. The third kappa shape index (κ3) is 13.5. The molecule has 0 bridgehead atoms. The number of hydrogen-bond donors (Lipinski definition) is 0. The van der Waals surface area contributed by atoms with E-state index < -0.39 is 0 Å². The Bertz CT molecular complexity index is 3460. The van der Waals surface area contributed by atoms with Gasteiger partial charge >= 0.3 is 0 Å². The molecule has 14 rings (SSSR count). The van der Waals surface area contributed by atoms with Gasteiger partial charge in [-0.15, -0.1) is 49.4 Å². The van der Waals surface area contributed by atoms with Crippen LogP contribution in [-0.4, -0.2) is 53.0 Å². The molecule has 0 unspecified atom stereocenters. The minimum Gasteiger partial charge on any atom is -0.487 e. The van der Waals surface area contributed by atoms with Gasteiger partial charge < -0.3 is 39.2 Å². The number of hydrogen-bond acceptors (Lipinski definition) is 16. The predicted molar refractivity (Wildman–Crippen MR) is 303 cm³/mol. The summed E-state index contributed by atoms with van der Waals surface area (Å²) in [6.07, 6.45) is 13.7. The summed E-state index contributed by atoms with van der Waals surface area (Å²) in [6, 6.07) is 62.9. The number of fused-ring (bicyclic) bond motifs is 4. The van der Waals surface area contributed by atoms with E-state index in [4.69, 9.17) is 0 Å². The number of aromatic nitrogens is 8. The van der Waals surface area contributed by atoms with Crippen LogP contribution in [0.15, 0.2) is 201 Å². The number of aryl methyl sites for hydroxylation is 1. The van der Waals surface area contributed by atoms with E-state index in [1.165, 1.54) is 5.56 Å². The van der Waals surface area contributed by atoms with E-state index in [-0.39, 0.29) is 80.4 Å². The molecular weight excluding hydrogens is 1730 g/mol. The maximum Gasteiger partial charge on any atom is 0.145 e. The van der Waals surface area contributed by atoms with Gasteiger partial charge in [0.15, 0.2) is 0 Å². The van der Waals surface area contributed by atoms with E-state index in [0.717, 1.165) is 80.7 Å². The zero-order valence-corrected chi connectivity index (χ0v) is 53.5. The zero-order chi connectivity index (χ0) is 52.5. The first-order valence-electron chi connectivity index (χ1n) is 24.8. The monoisotopic (exact) mass is 1780 g/mol.